The van der Waals surface area contributed by atoms with Crippen LogP contribution >= 0.6 is 0 Å². The van der Waals surface area contributed by atoms with Crippen LogP contribution in [0.3, 0.4) is 0 Å². The van der Waals surface area contributed by atoms with Crippen LogP contribution in [0.15, 0.2) is 4.52 Å². The smallest absolute Gasteiger partial charge is 0.320 e. The molecule has 2 aliphatic rings. The second kappa shape index (κ2) is 6.20. The van der Waals surface area contributed by atoms with Crippen LogP contribution in [0, 0.1) is 19.3 Å². The Morgan fingerprint density at radius 1 is 1.33 bits per heavy atom. The van der Waals surface area contributed by atoms with Crippen molar-refractivity contribution in [2.75, 3.05) is 26.7 Å². The van der Waals surface area contributed by atoms with Crippen LogP contribution in [0.2, 0.25) is 0 Å². The summed E-state index contributed by atoms with van der Waals surface area (Å²) in [5, 5.41) is 13.2. The lowest BCUT2D eigenvalue weighted by atomic mass is 9.76. The van der Waals surface area contributed by atoms with Crippen molar-refractivity contribution in [1.29, 1.82) is 0 Å². The molecule has 0 bridgehead atoms. The second-order valence-corrected chi connectivity index (χ2v) is 7.33. The largest absolute Gasteiger partial charge is 0.480 e. The van der Waals surface area contributed by atoms with Gasteiger partial charge in [-0.25, -0.2) is 0 Å². The van der Waals surface area contributed by atoms with Crippen LogP contribution in [0.4, 0.5) is 0 Å². The number of likely N-dealkylation sites (N-methyl/N-ethyl adjacent to an activating group) is 1. The van der Waals surface area contributed by atoms with Crippen LogP contribution in [-0.4, -0.2) is 64.7 Å². The molecule has 132 valence electrons. The van der Waals surface area contributed by atoms with E-state index < -0.39 is 12.0 Å². The van der Waals surface area contributed by atoms with Crippen molar-refractivity contribution < 1.29 is 19.2 Å². The fraction of sp³-hybridized carbons (Fsp3) is 0.706. The molecule has 1 spiro atoms. The minimum absolute atomic E-state index is 0.0393. The zero-order valence-electron chi connectivity index (χ0n) is 14.5. The average molecular weight is 335 g/mol. The maximum Gasteiger partial charge on any atom is 0.320 e. The molecule has 3 heterocycles. The van der Waals surface area contributed by atoms with Gasteiger partial charge in [0.05, 0.1) is 12.1 Å². The van der Waals surface area contributed by atoms with Crippen LogP contribution < -0.4 is 0 Å². The number of carbonyl (C=O) groups excluding carboxylic acids is 1. The second-order valence-electron chi connectivity index (χ2n) is 7.33. The van der Waals surface area contributed by atoms with E-state index in [2.05, 4.69) is 5.16 Å². The summed E-state index contributed by atoms with van der Waals surface area (Å²) in [4.78, 5) is 27.7. The lowest BCUT2D eigenvalue weighted by molar-refractivity contribution is -0.142. The summed E-state index contributed by atoms with van der Waals surface area (Å²) >= 11 is 0. The van der Waals surface area contributed by atoms with Gasteiger partial charge < -0.3 is 14.5 Å². The van der Waals surface area contributed by atoms with Crippen molar-refractivity contribution in [3.05, 3.63) is 17.0 Å². The number of hydrogen-bond donors (Lipinski definition) is 1. The van der Waals surface area contributed by atoms with Gasteiger partial charge in [-0.05, 0) is 45.6 Å². The molecule has 0 aromatic carbocycles. The van der Waals surface area contributed by atoms with E-state index in [0.29, 0.717) is 31.7 Å². The fourth-order valence-electron chi connectivity index (χ4n) is 4.16. The molecule has 7 nitrogen and oxygen atoms in total. The summed E-state index contributed by atoms with van der Waals surface area (Å²) in [6.45, 7) is 5.87. The van der Waals surface area contributed by atoms with Crippen LogP contribution in [0.25, 0.3) is 0 Å². The molecule has 2 fully saturated rings. The van der Waals surface area contributed by atoms with E-state index in [4.69, 9.17) is 4.52 Å². The van der Waals surface area contributed by atoms with Crippen molar-refractivity contribution in [1.82, 2.24) is 15.0 Å². The van der Waals surface area contributed by atoms with Crippen molar-refractivity contribution in [3.8, 4) is 0 Å². The first-order valence-electron chi connectivity index (χ1n) is 8.44. The quantitative estimate of drug-likeness (QED) is 0.894. The number of carboxylic acids is 1. The van der Waals surface area contributed by atoms with Crippen molar-refractivity contribution in [3.63, 3.8) is 0 Å². The number of nitrogens with zero attached hydrogens (tertiary/aromatic N) is 3. The number of carboxylic acid groups (broad SMARTS) is 1. The number of amides is 1. The van der Waals surface area contributed by atoms with Gasteiger partial charge in [0.2, 0.25) is 5.91 Å². The van der Waals surface area contributed by atoms with E-state index in [0.717, 1.165) is 30.6 Å². The normalized spacial score (nSPS) is 23.8. The molecule has 1 atom stereocenters. The highest BCUT2D eigenvalue weighted by Gasteiger charge is 2.47. The molecule has 1 N–H and O–H groups in total. The zero-order valence-corrected chi connectivity index (χ0v) is 14.5. The minimum atomic E-state index is -0.744. The number of carbonyl (C=O) groups is 2. The first-order chi connectivity index (χ1) is 11.3. The third-order valence-corrected chi connectivity index (χ3v) is 5.71. The fourth-order valence-corrected chi connectivity index (χ4v) is 4.16. The van der Waals surface area contributed by atoms with E-state index in [1.165, 1.54) is 0 Å². The lowest BCUT2D eigenvalue weighted by Crippen LogP contribution is -2.44. The number of aryl methyl sites for hydroxylation is 2. The molecule has 3 rings (SSSR count). The van der Waals surface area contributed by atoms with Gasteiger partial charge in [-0.1, -0.05) is 5.16 Å². The standard InChI is InChI=1S/C17H25N3O4/c1-11-13(12(2)24-18-11)8-15(21)20-6-4-17(5-7-20)9-14(16(22)23)19(3)10-17/h14H,4-10H2,1-3H3,(H,22,23)/t14-/m1/s1. The Morgan fingerprint density at radius 3 is 2.50 bits per heavy atom. The number of likely N-dealkylation sites (tertiary alicyclic amines) is 2. The first-order valence-corrected chi connectivity index (χ1v) is 8.44. The summed E-state index contributed by atoms with van der Waals surface area (Å²) in [6, 6.07) is -0.394. The molecule has 1 aromatic heterocycles. The van der Waals surface area contributed by atoms with E-state index in [-0.39, 0.29) is 11.3 Å². The highest BCUT2D eigenvalue weighted by Crippen LogP contribution is 2.42. The third-order valence-electron chi connectivity index (χ3n) is 5.71. The summed E-state index contributed by atoms with van der Waals surface area (Å²) in [5.74, 6) is 0.0581. The highest BCUT2D eigenvalue weighted by atomic mass is 16.5. The Hall–Kier alpha value is -1.89. The Bertz CT molecular complexity index is 627. The number of rotatable bonds is 3. The van der Waals surface area contributed by atoms with Gasteiger partial charge in [-0.2, -0.15) is 0 Å². The van der Waals surface area contributed by atoms with Crippen molar-refractivity contribution in [2.24, 2.45) is 5.41 Å². The van der Waals surface area contributed by atoms with Gasteiger partial charge in [0, 0.05) is 25.2 Å². The number of aliphatic carboxylic acids is 1. The maximum atomic E-state index is 12.6. The molecule has 1 aromatic rings. The maximum absolute atomic E-state index is 12.6. The van der Waals surface area contributed by atoms with Gasteiger partial charge in [0.25, 0.3) is 0 Å². The number of hydrogen-bond acceptors (Lipinski definition) is 5. The Labute approximate surface area is 141 Å². The van der Waals surface area contributed by atoms with E-state index >= 15 is 0 Å². The van der Waals surface area contributed by atoms with Gasteiger partial charge in [-0.15, -0.1) is 0 Å². The van der Waals surface area contributed by atoms with Gasteiger partial charge in [0.1, 0.15) is 11.8 Å². The molecule has 7 heteroatoms. The van der Waals surface area contributed by atoms with Gasteiger partial charge >= 0.3 is 5.97 Å². The summed E-state index contributed by atoms with van der Waals surface area (Å²) in [6.07, 6.45) is 2.75. The van der Waals surface area contributed by atoms with E-state index in [1.807, 2.05) is 30.7 Å². The molecular weight excluding hydrogens is 310 g/mol. The van der Waals surface area contributed by atoms with E-state index in [9.17, 15) is 14.7 Å². The van der Waals surface area contributed by atoms with Gasteiger partial charge in [-0.3, -0.25) is 14.5 Å². The Kier molecular flexibility index (Phi) is 4.38. The predicted octanol–water partition coefficient (Wildman–Crippen LogP) is 1.23. The monoisotopic (exact) mass is 335 g/mol. The average Bonchev–Trinajstić information content (AvgIpc) is 3.02. The molecular formula is C17H25N3O4. The molecule has 2 saturated heterocycles. The summed E-state index contributed by atoms with van der Waals surface area (Å²) in [5.41, 5.74) is 1.69. The van der Waals surface area contributed by atoms with Crippen molar-refractivity contribution >= 4 is 11.9 Å². The molecule has 0 unspecified atom stereocenters. The molecule has 0 aliphatic carbocycles. The van der Waals surface area contributed by atoms with Crippen LogP contribution in [0.1, 0.15) is 36.3 Å². The zero-order chi connectivity index (χ0) is 17.5. The third kappa shape index (κ3) is 3.05. The first kappa shape index (κ1) is 17.0. The number of piperidine rings is 1. The molecule has 24 heavy (non-hydrogen) atoms. The molecule has 0 saturated carbocycles. The van der Waals surface area contributed by atoms with Crippen molar-refractivity contribution in [2.45, 2.75) is 45.6 Å². The van der Waals surface area contributed by atoms with Crippen LogP contribution in [-0.2, 0) is 16.0 Å². The SMILES string of the molecule is Cc1noc(C)c1CC(=O)N1CCC2(CC1)C[C@H](C(=O)O)N(C)C2. The Balaban J connectivity index is 1.59. The number of aromatic nitrogens is 1. The van der Waals surface area contributed by atoms with Gasteiger partial charge in [0.15, 0.2) is 0 Å². The minimum Gasteiger partial charge on any atom is -0.480 e. The van der Waals surface area contributed by atoms with E-state index in [1.54, 1.807) is 0 Å². The lowest BCUT2D eigenvalue weighted by Gasteiger charge is -2.39. The Morgan fingerprint density at radius 2 is 2.00 bits per heavy atom. The summed E-state index contributed by atoms with van der Waals surface area (Å²) < 4.78 is 5.12. The van der Waals surface area contributed by atoms with Crippen LogP contribution in [0.5, 0.6) is 0 Å². The topological polar surface area (TPSA) is 86.9 Å². The predicted molar refractivity (Wildman–Crippen MR) is 86.6 cm³/mol. The molecule has 2 aliphatic heterocycles. The summed E-state index contributed by atoms with van der Waals surface area (Å²) in [7, 11) is 1.88. The molecule has 1 amide bonds. The molecule has 0 radical (unpaired) electrons. The highest BCUT2D eigenvalue weighted by molar-refractivity contribution is 5.79.